The molecule has 6 rings (SSSR count). The van der Waals surface area contributed by atoms with E-state index in [9.17, 15) is 29.1 Å². The number of hydrogen-bond donors (Lipinski definition) is 5. The summed E-state index contributed by atoms with van der Waals surface area (Å²) in [5, 5.41) is 21.2. The van der Waals surface area contributed by atoms with Crippen LogP contribution < -0.4 is 26.0 Å². The van der Waals surface area contributed by atoms with Gasteiger partial charge in [-0.1, -0.05) is 115 Å². The van der Waals surface area contributed by atoms with Crippen molar-refractivity contribution in [3.8, 4) is 16.9 Å². The second-order valence-corrected chi connectivity index (χ2v) is 14.6. The third kappa shape index (κ3) is 12.6. The number of halogens is 1. The van der Waals surface area contributed by atoms with E-state index in [1.54, 1.807) is 48.5 Å². The van der Waals surface area contributed by atoms with Gasteiger partial charge in [0.15, 0.2) is 0 Å². The van der Waals surface area contributed by atoms with Gasteiger partial charge >= 0.3 is 18.2 Å². The standard InChI is InChI=1S/C46H45ClN4O9/c47-37-20-18-33-23-35(37)25-40(44(54)55)50-42(52)38(17-10-22-48-45(56)59-28-31-13-6-2-7-14-31)49-43(53)39(51-46(57)60-29-32-15-8-3-9-16-32)26-36-24-34(33)19-21-41(36)58-27-30-11-4-1-5-12-30/h1-9,11-16,18-21,23-24,38-40H,10,17,22,25-29H2,(H,48,56)(H,49,53)(H,50,52)(H,51,57)(H,54,55)/t38-,39-,40-/m0/s1. The maximum absolute atomic E-state index is 14.3. The van der Waals surface area contributed by atoms with Crippen LogP contribution in [0.1, 0.15) is 40.7 Å². The Morgan fingerprint density at radius 3 is 1.85 bits per heavy atom. The molecular weight excluding hydrogens is 788 g/mol. The molecule has 0 aromatic heterocycles. The van der Waals surface area contributed by atoms with Crippen molar-refractivity contribution in [2.24, 2.45) is 0 Å². The lowest BCUT2D eigenvalue weighted by molar-refractivity contribution is -0.142. The van der Waals surface area contributed by atoms with Crippen molar-refractivity contribution < 1.29 is 43.3 Å². The van der Waals surface area contributed by atoms with E-state index >= 15 is 0 Å². The van der Waals surface area contributed by atoms with E-state index in [1.165, 1.54) is 0 Å². The molecule has 4 amide bonds. The first-order chi connectivity index (χ1) is 29.1. The molecule has 310 valence electrons. The normalized spacial score (nSPS) is 16.4. The molecule has 1 heterocycles. The van der Waals surface area contributed by atoms with E-state index in [-0.39, 0.29) is 52.0 Å². The first-order valence-corrected chi connectivity index (χ1v) is 19.8. The zero-order valence-electron chi connectivity index (χ0n) is 32.6. The molecule has 14 heteroatoms. The molecule has 1 aliphatic heterocycles. The predicted molar refractivity (Wildman–Crippen MR) is 224 cm³/mol. The number of fused-ring (bicyclic) bond motifs is 5. The Hall–Kier alpha value is -6.86. The fourth-order valence-electron chi connectivity index (χ4n) is 6.55. The number of carbonyl (C=O) groups excluding carboxylic acids is 4. The Morgan fingerprint density at radius 1 is 0.667 bits per heavy atom. The van der Waals surface area contributed by atoms with Gasteiger partial charge in [0.2, 0.25) is 11.8 Å². The van der Waals surface area contributed by atoms with Gasteiger partial charge in [-0.2, -0.15) is 0 Å². The molecular formula is C46H45ClN4O9. The molecule has 0 unspecified atom stereocenters. The van der Waals surface area contributed by atoms with Gasteiger partial charge in [0, 0.05) is 24.4 Å². The first-order valence-electron chi connectivity index (χ1n) is 19.4. The van der Waals surface area contributed by atoms with Crippen molar-refractivity contribution in [3.63, 3.8) is 0 Å². The van der Waals surface area contributed by atoms with Crippen molar-refractivity contribution in [1.82, 2.24) is 21.3 Å². The quantitative estimate of drug-likeness (QED) is 0.0803. The van der Waals surface area contributed by atoms with E-state index < -0.39 is 48.1 Å². The Labute approximate surface area is 352 Å². The third-order valence-corrected chi connectivity index (χ3v) is 10.1. The molecule has 13 nitrogen and oxygen atoms in total. The van der Waals surface area contributed by atoms with Crippen molar-refractivity contribution in [3.05, 3.63) is 160 Å². The number of carboxylic acids is 1. The summed E-state index contributed by atoms with van der Waals surface area (Å²) < 4.78 is 17.1. The Balaban J connectivity index is 1.29. The van der Waals surface area contributed by atoms with Gasteiger partial charge in [0.25, 0.3) is 0 Å². The van der Waals surface area contributed by atoms with Gasteiger partial charge in [-0.15, -0.1) is 0 Å². The summed E-state index contributed by atoms with van der Waals surface area (Å²) in [4.78, 5) is 66.7. The Bertz CT molecular complexity index is 2260. The summed E-state index contributed by atoms with van der Waals surface area (Å²) in [6.45, 7) is 0.277. The number of ether oxygens (including phenoxy) is 3. The highest BCUT2D eigenvalue weighted by Gasteiger charge is 2.31. The number of carboxylic acid groups (broad SMARTS) is 1. The molecule has 0 saturated carbocycles. The van der Waals surface area contributed by atoms with Gasteiger partial charge < -0.3 is 40.6 Å². The average Bonchev–Trinajstić information content (AvgIpc) is 3.26. The highest BCUT2D eigenvalue weighted by Crippen LogP contribution is 2.32. The van der Waals surface area contributed by atoms with Crippen LogP contribution in [0.4, 0.5) is 9.59 Å². The van der Waals surface area contributed by atoms with E-state index in [0.29, 0.717) is 33.0 Å². The van der Waals surface area contributed by atoms with Crippen LogP contribution in [0.15, 0.2) is 127 Å². The smallest absolute Gasteiger partial charge is 0.408 e. The number of nitrogens with one attached hydrogen (secondary N) is 4. The summed E-state index contributed by atoms with van der Waals surface area (Å²) in [7, 11) is 0. The van der Waals surface area contributed by atoms with Gasteiger partial charge in [-0.05, 0) is 76.1 Å². The summed E-state index contributed by atoms with van der Waals surface area (Å²) in [5.74, 6) is -2.40. The van der Waals surface area contributed by atoms with Crippen LogP contribution in [0.2, 0.25) is 5.02 Å². The highest BCUT2D eigenvalue weighted by atomic mass is 35.5. The Morgan fingerprint density at radius 2 is 1.23 bits per heavy atom. The van der Waals surface area contributed by atoms with Crippen LogP contribution in [0.5, 0.6) is 5.75 Å². The highest BCUT2D eigenvalue weighted by molar-refractivity contribution is 6.31. The Kier molecular flexibility index (Phi) is 15.1. The maximum Gasteiger partial charge on any atom is 0.408 e. The summed E-state index contributed by atoms with van der Waals surface area (Å²) in [6, 6.07) is 34.3. The molecule has 1 aliphatic rings. The molecule has 0 fully saturated rings. The molecule has 5 aromatic rings. The summed E-state index contributed by atoms with van der Waals surface area (Å²) >= 11 is 6.59. The molecule has 5 N–H and O–H groups in total. The molecule has 0 saturated heterocycles. The van der Waals surface area contributed by atoms with Crippen LogP contribution in [-0.2, 0) is 56.5 Å². The van der Waals surface area contributed by atoms with Gasteiger partial charge in [0.05, 0.1) is 0 Å². The minimum absolute atomic E-state index is 0.0226. The van der Waals surface area contributed by atoms with Crippen LogP contribution in [0.3, 0.4) is 0 Å². The van der Waals surface area contributed by atoms with Crippen molar-refractivity contribution in [1.29, 1.82) is 0 Å². The first kappa shape index (κ1) is 42.7. The number of carbonyl (C=O) groups is 5. The molecule has 0 spiro atoms. The fraction of sp³-hybridized carbons (Fsp3) is 0.239. The van der Waals surface area contributed by atoms with E-state index in [0.717, 1.165) is 16.7 Å². The number of amides is 4. The van der Waals surface area contributed by atoms with Gasteiger partial charge in [-0.25, -0.2) is 14.4 Å². The second kappa shape index (κ2) is 21.2. The van der Waals surface area contributed by atoms with Crippen molar-refractivity contribution in [2.75, 3.05) is 6.54 Å². The molecule has 0 aliphatic carbocycles. The van der Waals surface area contributed by atoms with Gasteiger partial charge in [0.1, 0.15) is 43.7 Å². The molecule has 4 bridgehead atoms. The lowest BCUT2D eigenvalue weighted by Crippen LogP contribution is -2.56. The monoisotopic (exact) mass is 832 g/mol. The van der Waals surface area contributed by atoms with Crippen molar-refractivity contribution in [2.45, 2.75) is 63.6 Å². The summed E-state index contributed by atoms with van der Waals surface area (Å²) in [5.41, 5.74) is 4.87. The topological polar surface area (TPSA) is 181 Å². The lowest BCUT2D eigenvalue weighted by Gasteiger charge is -2.25. The SMILES string of the molecule is O=C(NCCC[C@@H]1NC(=O)[C@@H](NC(=O)OCc2ccccc2)Cc2cc(ccc2OCc2ccccc2)-c2ccc(Cl)c(c2)C[C@@H](C(=O)O)NC1=O)OCc1ccccc1. The zero-order chi connectivity index (χ0) is 42.3. The zero-order valence-corrected chi connectivity index (χ0v) is 33.4. The summed E-state index contributed by atoms with van der Waals surface area (Å²) in [6.07, 6.45) is -1.65. The van der Waals surface area contributed by atoms with Crippen LogP contribution in [-0.4, -0.2) is 59.7 Å². The fourth-order valence-corrected chi connectivity index (χ4v) is 6.74. The third-order valence-electron chi connectivity index (χ3n) is 9.75. The maximum atomic E-state index is 14.3. The minimum Gasteiger partial charge on any atom is -0.489 e. The number of alkyl carbamates (subject to hydrolysis) is 2. The molecule has 60 heavy (non-hydrogen) atoms. The largest absolute Gasteiger partial charge is 0.489 e. The van der Waals surface area contributed by atoms with Crippen LogP contribution in [0, 0.1) is 0 Å². The van der Waals surface area contributed by atoms with Crippen LogP contribution in [0.25, 0.3) is 11.1 Å². The van der Waals surface area contributed by atoms with E-state index in [1.807, 2.05) is 78.9 Å². The van der Waals surface area contributed by atoms with Crippen molar-refractivity contribution >= 4 is 41.6 Å². The number of hydrogen-bond acceptors (Lipinski definition) is 8. The van der Waals surface area contributed by atoms with Crippen LogP contribution >= 0.6 is 11.6 Å². The van der Waals surface area contributed by atoms with Gasteiger partial charge in [-0.3, -0.25) is 9.59 Å². The molecule has 3 atom stereocenters. The number of benzene rings is 5. The molecule has 5 aromatic carbocycles. The number of rotatable bonds is 13. The lowest BCUT2D eigenvalue weighted by atomic mass is 9.95. The van der Waals surface area contributed by atoms with E-state index in [4.69, 9.17) is 25.8 Å². The number of aliphatic carboxylic acids is 1. The second-order valence-electron chi connectivity index (χ2n) is 14.2. The average molecular weight is 833 g/mol. The van der Waals surface area contributed by atoms with E-state index in [2.05, 4.69) is 21.3 Å². The minimum atomic E-state index is -1.42. The predicted octanol–water partition coefficient (Wildman–Crippen LogP) is 6.74. The molecule has 0 radical (unpaired) electrons.